The number of hydrogen-bond acceptors (Lipinski definition) is 4. The van der Waals surface area contributed by atoms with Crippen LogP contribution in [0.4, 0.5) is 5.82 Å². The molecule has 17 heavy (non-hydrogen) atoms. The van der Waals surface area contributed by atoms with E-state index in [1.54, 1.807) is 24.3 Å². The molecule has 0 radical (unpaired) electrons. The first-order valence-corrected chi connectivity index (χ1v) is 5.13. The first kappa shape index (κ1) is 11.3. The van der Waals surface area contributed by atoms with Crippen LogP contribution in [-0.2, 0) is 4.79 Å². The van der Waals surface area contributed by atoms with Gasteiger partial charge >= 0.3 is 0 Å². The third-order valence-electron chi connectivity index (χ3n) is 1.82. The quantitative estimate of drug-likeness (QED) is 0.670. The molecule has 0 saturated heterocycles. The molecule has 2 rings (SSSR count). The van der Waals surface area contributed by atoms with Crippen LogP contribution in [0.1, 0.15) is 5.76 Å². The fraction of sp³-hybridized carbons (Fsp3) is 0. The number of furan rings is 1. The minimum Gasteiger partial charge on any atom is -0.465 e. The minimum absolute atomic E-state index is 0.0813. The molecule has 0 bridgehead atoms. The van der Waals surface area contributed by atoms with E-state index in [0.717, 1.165) is 0 Å². The Balaban J connectivity index is 1.98. The average molecular weight is 250 g/mol. The summed E-state index contributed by atoms with van der Waals surface area (Å²) in [5, 5.41) is 2.62. The smallest absolute Gasteiger partial charge is 0.249 e. The fourth-order valence-electron chi connectivity index (χ4n) is 1.12. The van der Waals surface area contributed by atoms with E-state index < -0.39 is 0 Å². The Morgan fingerprint density at radius 3 is 3.06 bits per heavy atom. The maximum atomic E-state index is 11.5. The van der Waals surface area contributed by atoms with Gasteiger partial charge in [0.15, 0.2) is 0 Å². The van der Waals surface area contributed by atoms with Crippen LogP contribution >= 0.6 is 11.6 Å². The molecule has 2 aromatic heterocycles. The van der Waals surface area contributed by atoms with Crippen molar-refractivity contribution in [3.05, 3.63) is 47.8 Å². The Morgan fingerprint density at radius 1 is 1.47 bits per heavy atom. The van der Waals surface area contributed by atoms with Crippen molar-refractivity contribution < 1.29 is 9.21 Å². The Bertz CT molecular complexity index is 537. The molecular formula is C11H8ClN3O2. The first-order chi connectivity index (χ1) is 8.24. The Kier molecular flexibility index (Phi) is 3.52. The van der Waals surface area contributed by atoms with Crippen molar-refractivity contribution in [2.45, 2.75) is 0 Å². The molecule has 1 amide bonds. The Hall–Kier alpha value is -2.14. The lowest BCUT2D eigenvalue weighted by atomic mass is 10.4. The summed E-state index contributed by atoms with van der Waals surface area (Å²) < 4.78 is 5.04. The minimum atomic E-state index is -0.323. The third-order valence-corrected chi connectivity index (χ3v) is 2.00. The summed E-state index contributed by atoms with van der Waals surface area (Å²) in [6.45, 7) is 0. The van der Waals surface area contributed by atoms with Gasteiger partial charge in [-0.25, -0.2) is 9.97 Å². The molecule has 0 fully saturated rings. The lowest BCUT2D eigenvalue weighted by Crippen LogP contribution is -2.09. The van der Waals surface area contributed by atoms with Gasteiger partial charge in [-0.05, 0) is 35.9 Å². The maximum Gasteiger partial charge on any atom is 0.249 e. The number of aromatic nitrogens is 2. The van der Waals surface area contributed by atoms with Crippen molar-refractivity contribution in [3.8, 4) is 0 Å². The summed E-state index contributed by atoms with van der Waals surface area (Å²) in [4.78, 5) is 19.0. The molecule has 0 aromatic carbocycles. The highest BCUT2D eigenvalue weighted by atomic mass is 35.5. The molecule has 1 N–H and O–H groups in total. The summed E-state index contributed by atoms with van der Waals surface area (Å²) in [5.41, 5.74) is 0. The van der Waals surface area contributed by atoms with Crippen LogP contribution in [-0.4, -0.2) is 15.9 Å². The Labute approximate surface area is 102 Å². The number of amides is 1. The number of rotatable bonds is 3. The van der Waals surface area contributed by atoms with Gasteiger partial charge in [0.2, 0.25) is 11.2 Å². The lowest BCUT2D eigenvalue weighted by Gasteiger charge is -1.99. The van der Waals surface area contributed by atoms with E-state index in [4.69, 9.17) is 16.0 Å². The molecule has 86 valence electrons. The first-order valence-electron chi connectivity index (χ1n) is 4.75. The maximum absolute atomic E-state index is 11.5. The molecule has 0 unspecified atom stereocenters. The van der Waals surface area contributed by atoms with Crippen molar-refractivity contribution in [2.24, 2.45) is 0 Å². The molecule has 0 saturated carbocycles. The molecular weight excluding hydrogens is 242 g/mol. The van der Waals surface area contributed by atoms with Crippen LogP contribution in [0.3, 0.4) is 0 Å². The summed E-state index contributed by atoms with van der Waals surface area (Å²) >= 11 is 5.58. The van der Waals surface area contributed by atoms with E-state index >= 15 is 0 Å². The van der Waals surface area contributed by atoms with Crippen LogP contribution in [0.25, 0.3) is 6.08 Å². The highest BCUT2D eigenvalue weighted by Crippen LogP contribution is 2.06. The summed E-state index contributed by atoms with van der Waals surface area (Å²) in [6, 6.07) is 5.03. The number of anilines is 1. The van der Waals surface area contributed by atoms with Crippen molar-refractivity contribution in [1.82, 2.24) is 9.97 Å². The number of nitrogens with zero attached hydrogens (tertiary/aromatic N) is 2. The number of carbonyl (C=O) groups excluding carboxylic acids is 1. The number of hydrogen-bond donors (Lipinski definition) is 1. The number of nitrogens with one attached hydrogen (secondary N) is 1. The van der Waals surface area contributed by atoms with Crippen LogP contribution in [0.2, 0.25) is 5.28 Å². The predicted molar refractivity (Wildman–Crippen MR) is 63.4 cm³/mol. The molecule has 2 aromatic rings. The summed E-state index contributed by atoms with van der Waals surface area (Å²) in [7, 11) is 0. The van der Waals surface area contributed by atoms with E-state index in [0.29, 0.717) is 11.6 Å². The molecule has 0 aliphatic carbocycles. The van der Waals surface area contributed by atoms with Crippen LogP contribution in [0.15, 0.2) is 41.2 Å². The topological polar surface area (TPSA) is 68.0 Å². The molecule has 0 aliphatic rings. The van der Waals surface area contributed by atoms with E-state index in [1.807, 2.05) is 0 Å². The molecule has 0 atom stereocenters. The summed E-state index contributed by atoms with van der Waals surface area (Å²) in [6.07, 6.45) is 5.88. The second-order valence-electron chi connectivity index (χ2n) is 3.05. The van der Waals surface area contributed by atoms with Gasteiger partial charge in [-0.3, -0.25) is 4.79 Å². The van der Waals surface area contributed by atoms with E-state index in [9.17, 15) is 4.79 Å². The van der Waals surface area contributed by atoms with Crippen LogP contribution < -0.4 is 5.32 Å². The van der Waals surface area contributed by atoms with Gasteiger partial charge in [-0.1, -0.05) is 0 Å². The normalized spacial score (nSPS) is 10.6. The fourth-order valence-corrected chi connectivity index (χ4v) is 1.26. The van der Waals surface area contributed by atoms with Gasteiger partial charge in [0, 0.05) is 12.3 Å². The van der Waals surface area contributed by atoms with Gasteiger partial charge in [-0.15, -0.1) is 0 Å². The predicted octanol–water partition coefficient (Wildman–Crippen LogP) is 2.37. The van der Waals surface area contributed by atoms with Crippen molar-refractivity contribution in [2.75, 3.05) is 5.32 Å². The van der Waals surface area contributed by atoms with Crippen molar-refractivity contribution in [1.29, 1.82) is 0 Å². The van der Waals surface area contributed by atoms with Gasteiger partial charge in [0.1, 0.15) is 11.6 Å². The molecule has 0 spiro atoms. The van der Waals surface area contributed by atoms with Gasteiger partial charge in [0.05, 0.1) is 6.26 Å². The second-order valence-corrected chi connectivity index (χ2v) is 3.39. The third kappa shape index (κ3) is 3.42. The Morgan fingerprint density at radius 2 is 2.35 bits per heavy atom. The molecule has 6 heteroatoms. The zero-order valence-corrected chi connectivity index (χ0v) is 9.39. The monoisotopic (exact) mass is 249 g/mol. The van der Waals surface area contributed by atoms with Gasteiger partial charge in [-0.2, -0.15) is 0 Å². The number of carbonyl (C=O) groups is 1. The zero-order valence-electron chi connectivity index (χ0n) is 8.63. The van der Waals surface area contributed by atoms with Crippen molar-refractivity contribution in [3.63, 3.8) is 0 Å². The molecule has 5 nitrogen and oxygen atoms in total. The highest BCUT2D eigenvalue weighted by Gasteiger charge is 2.00. The van der Waals surface area contributed by atoms with E-state index in [-0.39, 0.29) is 11.2 Å². The van der Waals surface area contributed by atoms with Crippen molar-refractivity contribution >= 4 is 29.4 Å². The molecule has 2 heterocycles. The lowest BCUT2D eigenvalue weighted by molar-refractivity contribution is -0.111. The van der Waals surface area contributed by atoms with Crippen LogP contribution in [0, 0.1) is 0 Å². The van der Waals surface area contributed by atoms with Crippen LogP contribution in [0.5, 0.6) is 0 Å². The average Bonchev–Trinajstić information content (AvgIpc) is 2.79. The standard InChI is InChI=1S/C11H8ClN3O2/c12-11-13-6-5-9(15-11)14-10(16)4-3-8-2-1-7-17-8/h1-7H,(H,13,14,15,16)/b4-3+. The highest BCUT2D eigenvalue weighted by molar-refractivity contribution is 6.28. The number of halogens is 1. The summed E-state index contributed by atoms with van der Waals surface area (Å²) in [5.74, 6) is 0.621. The van der Waals surface area contributed by atoms with E-state index in [1.165, 1.54) is 18.5 Å². The molecule has 0 aliphatic heterocycles. The zero-order chi connectivity index (χ0) is 12.1. The SMILES string of the molecule is O=C(/C=C/c1ccco1)Nc1ccnc(Cl)n1. The van der Waals surface area contributed by atoms with E-state index in [2.05, 4.69) is 15.3 Å². The second kappa shape index (κ2) is 5.27. The van der Waals surface area contributed by atoms with Gasteiger partial charge in [0.25, 0.3) is 0 Å². The van der Waals surface area contributed by atoms with Gasteiger partial charge < -0.3 is 9.73 Å². The largest absolute Gasteiger partial charge is 0.465 e.